The maximum atomic E-state index is 5.40. The number of rotatable bonds is 11. The minimum atomic E-state index is 0.444. The van der Waals surface area contributed by atoms with E-state index in [4.69, 9.17) is 23.4 Å². The van der Waals surface area contributed by atoms with Gasteiger partial charge in [0.05, 0.1) is 40.7 Å². The first-order valence-corrected chi connectivity index (χ1v) is 9.04. The molecular formula is C20H29N3O5. The largest absolute Gasteiger partial charge is 0.493 e. The van der Waals surface area contributed by atoms with Gasteiger partial charge in [-0.05, 0) is 29.8 Å². The molecular weight excluding hydrogens is 362 g/mol. The summed E-state index contributed by atoms with van der Waals surface area (Å²) < 4.78 is 26.6. The lowest BCUT2D eigenvalue weighted by Crippen LogP contribution is -2.40. The van der Waals surface area contributed by atoms with Crippen LogP contribution in [0.5, 0.6) is 17.2 Å². The Balaban J connectivity index is 2.06. The number of aliphatic imine (C=N–C) groups is 1. The normalized spacial score (nSPS) is 11.2. The Morgan fingerprint density at radius 3 is 2.29 bits per heavy atom. The predicted octanol–water partition coefficient (Wildman–Crippen LogP) is 2.23. The van der Waals surface area contributed by atoms with Gasteiger partial charge in [0.1, 0.15) is 5.76 Å². The van der Waals surface area contributed by atoms with Gasteiger partial charge in [-0.25, -0.2) is 4.99 Å². The Labute approximate surface area is 165 Å². The summed E-state index contributed by atoms with van der Waals surface area (Å²) in [5.74, 6) is 3.39. The van der Waals surface area contributed by atoms with Gasteiger partial charge >= 0.3 is 0 Å². The number of guanidine groups is 1. The summed E-state index contributed by atoms with van der Waals surface area (Å²) in [7, 11) is 6.44. The van der Waals surface area contributed by atoms with Crippen LogP contribution in [0.15, 0.2) is 39.9 Å². The number of ether oxygens (including phenoxy) is 4. The van der Waals surface area contributed by atoms with E-state index in [1.807, 2.05) is 24.3 Å². The topological polar surface area (TPSA) is 86.5 Å². The summed E-state index contributed by atoms with van der Waals surface area (Å²) >= 11 is 0. The maximum Gasteiger partial charge on any atom is 0.203 e. The molecule has 0 amide bonds. The van der Waals surface area contributed by atoms with E-state index in [1.54, 1.807) is 34.7 Å². The van der Waals surface area contributed by atoms with Gasteiger partial charge < -0.3 is 34.0 Å². The molecule has 0 bridgehead atoms. The molecule has 28 heavy (non-hydrogen) atoms. The van der Waals surface area contributed by atoms with E-state index in [9.17, 15) is 0 Å². The average molecular weight is 391 g/mol. The highest BCUT2D eigenvalue weighted by atomic mass is 16.5. The van der Waals surface area contributed by atoms with Crippen LogP contribution in [-0.4, -0.2) is 54.1 Å². The van der Waals surface area contributed by atoms with Gasteiger partial charge in [0.2, 0.25) is 5.75 Å². The molecule has 154 valence electrons. The zero-order valence-electron chi connectivity index (χ0n) is 16.9. The van der Waals surface area contributed by atoms with E-state index in [0.29, 0.717) is 49.4 Å². The van der Waals surface area contributed by atoms with Crippen LogP contribution in [0.1, 0.15) is 11.3 Å². The molecule has 0 fully saturated rings. The maximum absolute atomic E-state index is 5.40. The lowest BCUT2D eigenvalue weighted by molar-refractivity contribution is 0.203. The predicted molar refractivity (Wildman–Crippen MR) is 108 cm³/mol. The molecule has 8 nitrogen and oxygen atoms in total. The average Bonchev–Trinajstić information content (AvgIpc) is 3.24. The third-order valence-electron chi connectivity index (χ3n) is 3.99. The molecule has 0 aliphatic rings. The molecule has 1 aromatic heterocycles. The number of benzene rings is 1. The van der Waals surface area contributed by atoms with Crippen molar-refractivity contribution in [1.82, 2.24) is 10.6 Å². The zero-order valence-corrected chi connectivity index (χ0v) is 16.9. The van der Waals surface area contributed by atoms with E-state index in [-0.39, 0.29) is 0 Å². The molecule has 0 unspecified atom stereocenters. The van der Waals surface area contributed by atoms with Gasteiger partial charge in [-0.3, -0.25) is 0 Å². The van der Waals surface area contributed by atoms with E-state index in [0.717, 1.165) is 17.7 Å². The van der Waals surface area contributed by atoms with Gasteiger partial charge in [0.15, 0.2) is 17.5 Å². The second-order valence-corrected chi connectivity index (χ2v) is 5.87. The molecule has 0 aliphatic heterocycles. The van der Waals surface area contributed by atoms with E-state index in [2.05, 4.69) is 15.6 Å². The summed E-state index contributed by atoms with van der Waals surface area (Å²) in [6, 6.07) is 7.61. The van der Waals surface area contributed by atoms with Gasteiger partial charge in [0.25, 0.3) is 0 Å². The van der Waals surface area contributed by atoms with Gasteiger partial charge in [-0.2, -0.15) is 0 Å². The Hall–Kier alpha value is -2.87. The summed E-state index contributed by atoms with van der Waals surface area (Å²) in [4.78, 5) is 4.65. The summed E-state index contributed by atoms with van der Waals surface area (Å²) in [6.07, 6.45) is 2.44. The monoisotopic (exact) mass is 391 g/mol. The molecule has 0 radical (unpaired) electrons. The molecule has 0 aliphatic carbocycles. The fourth-order valence-corrected chi connectivity index (χ4v) is 2.60. The summed E-state index contributed by atoms with van der Waals surface area (Å²) in [5.41, 5.74) is 0.938. The fraction of sp³-hybridized carbons (Fsp3) is 0.450. The van der Waals surface area contributed by atoms with Crippen molar-refractivity contribution in [3.63, 3.8) is 0 Å². The standard InChI is InChI=1S/C20H29N3O5/c1-24-11-9-22-20(21-8-7-16-6-5-10-28-16)23-14-15-12-17(25-2)19(27-4)18(13-15)26-3/h5-6,10,12-13H,7-9,11,14H2,1-4H3,(H2,21,22,23). The first-order valence-electron chi connectivity index (χ1n) is 9.04. The highest BCUT2D eigenvalue weighted by Gasteiger charge is 2.13. The zero-order chi connectivity index (χ0) is 20.2. The van der Waals surface area contributed by atoms with Crippen molar-refractivity contribution in [3.05, 3.63) is 41.9 Å². The number of nitrogens with zero attached hydrogens (tertiary/aromatic N) is 1. The quantitative estimate of drug-likeness (QED) is 0.345. The van der Waals surface area contributed by atoms with Crippen LogP contribution in [-0.2, 0) is 17.7 Å². The van der Waals surface area contributed by atoms with Crippen molar-refractivity contribution in [2.45, 2.75) is 13.0 Å². The third kappa shape index (κ3) is 6.38. The first-order chi connectivity index (χ1) is 13.7. The lowest BCUT2D eigenvalue weighted by Gasteiger charge is -2.14. The SMILES string of the molecule is COCCNC(=NCc1cc(OC)c(OC)c(OC)c1)NCCc1ccco1. The van der Waals surface area contributed by atoms with Crippen LogP contribution in [0.25, 0.3) is 0 Å². The number of furan rings is 1. The molecule has 0 spiro atoms. The van der Waals surface area contributed by atoms with Crippen molar-refractivity contribution in [2.24, 2.45) is 4.99 Å². The van der Waals surface area contributed by atoms with E-state index >= 15 is 0 Å². The summed E-state index contributed by atoms with van der Waals surface area (Å²) in [5, 5.41) is 6.55. The van der Waals surface area contributed by atoms with Gasteiger partial charge in [0, 0.05) is 26.6 Å². The van der Waals surface area contributed by atoms with Crippen LogP contribution in [0.3, 0.4) is 0 Å². The lowest BCUT2D eigenvalue weighted by atomic mass is 10.2. The number of hydrogen-bond acceptors (Lipinski definition) is 6. The molecule has 1 heterocycles. The first kappa shape index (κ1) is 21.4. The Morgan fingerprint density at radius 2 is 1.71 bits per heavy atom. The number of methoxy groups -OCH3 is 4. The second-order valence-electron chi connectivity index (χ2n) is 5.87. The highest BCUT2D eigenvalue weighted by molar-refractivity contribution is 5.79. The van der Waals surface area contributed by atoms with Crippen LogP contribution < -0.4 is 24.8 Å². The van der Waals surface area contributed by atoms with Crippen LogP contribution in [0.2, 0.25) is 0 Å². The Morgan fingerprint density at radius 1 is 1.00 bits per heavy atom. The second kappa shape index (κ2) is 11.8. The van der Waals surface area contributed by atoms with Crippen LogP contribution >= 0.6 is 0 Å². The van der Waals surface area contributed by atoms with Crippen molar-refractivity contribution >= 4 is 5.96 Å². The van der Waals surface area contributed by atoms with Crippen molar-refractivity contribution in [3.8, 4) is 17.2 Å². The minimum Gasteiger partial charge on any atom is -0.493 e. The molecule has 8 heteroatoms. The molecule has 2 N–H and O–H groups in total. The fourth-order valence-electron chi connectivity index (χ4n) is 2.60. The third-order valence-corrected chi connectivity index (χ3v) is 3.99. The van der Waals surface area contributed by atoms with Crippen LogP contribution in [0, 0.1) is 0 Å². The summed E-state index contributed by atoms with van der Waals surface area (Å²) in [6.45, 7) is 2.38. The minimum absolute atomic E-state index is 0.444. The van der Waals surface area contributed by atoms with E-state index in [1.165, 1.54) is 0 Å². The van der Waals surface area contributed by atoms with Gasteiger partial charge in [-0.15, -0.1) is 0 Å². The van der Waals surface area contributed by atoms with Crippen molar-refractivity contribution in [2.75, 3.05) is 48.1 Å². The Kier molecular flexibility index (Phi) is 9.00. The van der Waals surface area contributed by atoms with Crippen molar-refractivity contribution in [1.29, 1.82) is 0 Å². The smallest absolute Gasteiger partial charge is 0.203 e. The van der Waals surface area contributed by atoms with E-state index < -0.39 is 0 Å². The molecule has 2 aromatic rings. The highest BCUT2D eigenvalue weighted by Crippen LogP contribution is 2.38. The van der Waals surface area contributed by atoms with Crippen molar-refractivity contribution < 1.29 is 23.4 Å². The van der Waals surface area contributed by atoms with Crippen LogP contribution in [0.4, 0.5) is 0 Å². The van der Waals surface area contributed by atoms with Gasteiger partial charge in [-0.1, -0.05) is 0 Å². The molecule has 0 saturated carbocycles. The molecule has 0 saturated heterocycles. The molecule has 1 aromatic carbocycles. The molecule has 0 atom stereocenters. The Bertz CT molecular complexity index is 706. The number of hydrogen-bond donors (Lipinski definition) is 2. The number of nitrogens with one attached hydrogen (secondary N) is 2. The molecule has 2 rings (SSSR count).